The van der Waals surface area contributed by atoms with Crippen molar-refractivity contribution in [3.63, 3.8) is 0 Å². The number of halogens is 1. The molecule has 5 heteroatoms. The minimum atomic E-state index is -0.368. The van der Waals surface area contributed by atoms with Gasteiger partial charge in [0, 0.05) is 12.6 Å². The van der Waals surface area contributed by atoms with Gasteiger partial charge in [-0.3, -0.25) is 4.79 Å². The van der Waals surface area contributed by atoms with Crippen LogP contribution in [0.25, 0.3) is 11.0 Å². The topological polar surface area (TPSA) is 46.9 Å². The smallest absolute Gasteiger partial charge is 0.251 e. The first-order valence-corrected chi connectivity index (χ1v) is 9.13. The predicted octanol–water partition coefficient (Wildman–Crippen LogP) is 4.43. The molecule has 0 unspecified atom stereocenters. The molecule has 0 saturated carbocycles. The molecule has 0 saturated heterocycles. The van der Waals surface area contributed by atoms with Crippen molar-refractivity contribution >= 4 is 16.9 Å². The lowest BCUT2D eigenvalue weighted by Gasteiger charge is -2.19. The van der Waals surface area contributed by atoms with Crippen LogP contribution in [0.2, 0.25) is 0 Å². The molecule has 0 fully saturated rings. The summed E-state index contributed by atoms with van der Waals surface area (Å²) in [6.07, 6.45) is 0.602. The summed E-state index contributed by atoms with van der Waals surface area (Å²) in [5.41, 5.74) is 3.40. The number of benzene rings is 3. The fourth-order valence-corrected chi connectivity index (χ4v) is 3.38. The molecule has 28 heavy (non-hydrogen) atoms. The Morgan fingerprint density at radius 1 is 1.00 bits per heavy atom. The first kappa shape index (κ1) is 17.9. The van der Waals surface area contributed by atoms with Crippen LogP contribution in [0.3, 0.4) is 0 Å². The van der Waals surface area contributed by atoms with Crippen LogP contribution < -0.4 is 5.32 Å². The highest BCUT2D eigenvalue weighted by Crippen LogP contribution is 2.23. The first-order valence-electron chi connectivity index (χ1n) is 9.13. The van der Waals surface area contributed by atoms with E-state index < -0.39 is 0 Å². The maximum Gasteiger partial charge on any atom is 0.251 e. The Labute approximate surface area is 162 Å². The van der Waals surface area contributed by atoms with Crippen molar-refractivity contribution in [2.45, 2.75) is 12.5 Å². The molecule has 1 amide bonds. The lowest BCUT2D eigenvalue weighted by atomic mass is 10.0. The third-order valence-electron chi connectivity index (χ3n) is 4.83. The number of para-hydroxylation sites is 2. The number of imidazole rings is 1. The molecule has 1 aromatic heterocycles. The van der Waals surface area contributed by atoms with Crippen molar-refractivity contribution in [2.24, 2.45) is 7.05 Å². The van der Waals surface area contributed by atoms with Crippen LogP contribution in [0.5, 0.6) is 0 Å². The van der Waals surface area contributed by atoms with Crippen LogP contribution in [0.15, 0.2) is 78.9 Å². The number of hydrogen-bond donors (Lipinski definition) is 1. The summed E-state index contributed by atoms with van der Waals surface area (Å²) >= 11 is 0. The molecule has 0 aliphatic rings. The van der Waals surface area contributed by atoms with Crippen LogP contribution in [0.4, 0.5) is 4.39 Å². The van der Waals surface area contributed by atoms with E-state index in [1.54, 1.807) is 0 Å². The molecule has 0 aliphatic carbocycles. The average molecular weight is 373 g/mol. The van der Waals surface area contributed by atoms with E-state index in [1.807, 2.05) is 66.2 Å². The third kappa shape index (κ3) is 3.64. The quantitative estimate of drug-likeness (QED) is 0.563. The number of hydrogen-bond acceptors (Lipinski definition) is 2. The molecule has 3 aromatic carbocycles. The highest BCUT2D eigenvalue weighted by molar-refractivity contribution is 5.94. The van der Waals surface area contributed by atoms with E-state index in [1.165, 1.54) is 24.3 Å². The Morgan fingerprint density at radius 3 is 2.39 bits per heavy atom. The van der Waals surface area contributed by atoms with Crippen molar-refractivity contribution in [3.05, 3.63) is 102 Å². The van der Waals surface area contributed by atoms with E-state index in [2.05, 4.69) is 5.32 Å². The van der Waals surface area contributed by atoms with E-state index in [-0.39, 0.29) is 17.8 Å². The van der Waals surface area contributed by atoms with Crippen molar-refractivity contribution in [3.8, 4) is 0 Å². The minimum absolute atomic E-state index is 0.256. The number of aryl methyl sites for hydroxylation is 1. The Kier molecular flexibility index (Phi) is 4.89. The number of aromatic nitrogens is 2. The Bertz CT molecular complexity index is 1100. The summed E-state index contributed by atoms with van der Waals surface area (Å²) in [6, 6.07) is 23.1. The number of rotatable bonds is 5. The molecule has 0 spiro atoms. The molecular weight excluding hydrogens is 353 g/mol. The highest BCUT2D eigenvalue weighted by atomic mass is 19.1. The summed E-state index contributed by atoms with van der Waals surface area (Å²) in [5, 5.41) is 3.07. The van der Waals surface area contributed by atoms with Crippen molar-refractivity contribution < 1.29 is 9.18 Å². The third-order valence-corrected chi connectivity index (χ3v) is 4.83. The van der Waals surface area contributed by atoms with E-state index in [0.29, 0.717) is 12.0 Å². The van der Waals surface area contributed by atoms with Crippen LogP contribution in [-0.2, 0) is 13.5 Å². The van der Waals surface area contributed by atoms with Gasteiger partial charge in [0.25, 0.3) is 5.91 Å². The second-order valence-electron chi connectivity index (χ2n) is 6.74. The zero-order chi connectivity index (χ0) is 19.5. The molecule has 0 aliphatic heterocycles. The predicted molar refractivity (Wildman–Crippen MR) is 107 cm³/mol. The van der Waals surface area contributed by atoms with Gasteiger partial charge in [-0.25, -0.2) is 9.37 Å². The van der Waals surface area contributed by atoms with E-state index in [4.69, 9.17) is 4.98 Å². The summed E-state index contributed by atoms with van der Waals surface area (Å²) in [5.74, 6) is 0.154. The van der Waals surface area contributed by atoms with Gasteiger partial charge in [0.05, 0.1) is 17.1 Å². The van der Waals surface area contributed by atoms with Gasteiger partial charge in [-0.05, 0) is 48.4 Å². The Morgan fingerprint density at radius 2 is 1.68 bits per heavy atom. The van der Waals surface area contributed by atoms with Gasteiger partial charge in [-0.2, -0.15) is 0 Å². The van der Waals surface area contributed by atoms with Crippen LogP contribution >= 0.6 is 0 Å². The largest absolute Gasteiger partial charge is 0.342 e. The molecule has 140 valence electrons. The first-order chi connectivity index (χ1) is 13.6. The zero-order valence-electron chi connectivity index (χ0n) is 15.5. The van der Waals surface area contributed by atoms with Crippen LogP contribution in [0.1, 0.15) is 27.8 Å². The van der Waals surface area contributed by atoms with Gasteiger partial charge in [-0.15, -0.1) is 0 Å². The van der Waals surface area contributed by atoms with Gasteiger partial charge in [-0.1, -0.05) is 42.5 Å². The summed E-state index contributed by atoms with van der Waals surface area (Å²) in [7, 11) is 1.95. The fraction of sp³-hybridized carbons (Fsp3) is 0.130. The Balaban J connectivity index is 1.69. The number of nitrogens with zero attached hydrogens (tertiary/aromatic N) is 2. The normalized spacial score (nSPS) is 12.1. The van der Waals surface area contributed by atoms with Gasteiger partial charge in [0.2, 0.25) is 0 Å². The molecule has 4 aromatic rings. The van der Waals surface area contributed by atoms with Crippen LogP contribution in [0, 0.1) is 5.82 Å². The van der Waals surface area contributed by atoms with Gasteiger partial charge < -0.3 is 9.88 Å². The van der Waals surface area contributed by atoms with Gasteiger partial charge in [0.15, 0.2) is 0 Å². The summed E-state index contributed by atoms with van der Waals surface area (Å²) in [4.78, 5) is 17.5. The molecule has 1 atom stereocenters. The average Bonchev–Trinajstić information content (AvgIpc) is 3.05. The number of carbonyl (C=O) groups excluding carboxylic acids is 1. The van der Waals surface area contributed by atoms with Crippen molar-refractivity contribution in [2.75, 3.05) is 0 Å². The molecule has 1 N–H and O–H groups in total. The minimum Gasteiger partial charge on any atom is -0.342 e. The highest BCUT2D eigenvalue weighted by Gasteiger charge is 2.22. The van der Waals surface area contributed by atoms with E-state index >= 15 is 0 Å². The standard InChI is InChI=1S/C23H20FN3O/c1-27-21-10-6-5-9-19(21)25-22(27)20(15-16-7-3-2-4-8-16)26-23(28)17-11-13-18(24)14-12-17/h2-14,20H,15H2,1H3,(H,26,28)/t20-/m1/s1. The molecule has 1 heterocycles. The molecule has 0 radical (unpaired) electrons. The monoisotopic (exact) mass is 373 g/mol. The number of fused-ring (bicyclic) bond motifs is 1. The SMILES string of the molecule is Cn1c([C@@H](Cc2ccccc2)NC(=O)c2ccc(F)cc2)nc2ccccc21. The van der Waals surface area contributed by atoms with E-state index in [9.17, 15) is 9.18 Å². The number of nitrogens with one attached hydrogen (secondary N) is 1. The second-order valence-corrected chi connectivity index (χ2v) is 6.74. The second kappa shape index (κ2) is 7.64. The zero-order valence-corrected chi connectivity index (χ0v) is 15.5. The molecule has 4 nitrogen and oxygen atoms in total. The molecular formula is C23H20FN3O. The number of amides is 1. The lowest BCUT2D eigenvalue weighted by molar-refractivity contribution is 0.0934. The number of carbonyl (C=O) groups is 1. The molecule has 4 rings (SSSR count). The van der Waals surface area contributed by atoms with Gasteiger partial charge in [0.1, 0.15) is 11.6 Å². The summed E-state index contributed by atoms with van der Waals surface area (Å²) in [6.45, 7) is 0. The molecule has 0 bridgehead atoms. The maximum atomic E-state index is 13.2. The van der Waals surface area contributed by atoms with Crippen molar-refractivity contribution in [1.82, 2.24) is 14.9 Å². The Hall–Kier alpha value is -3.47. The fourth-order valence-electron chi connectivity index (χ4n) is 3.38. The maximum absolute atomic E-state index is 13.2. The van der Waals surface area contributed by atoms with Crippen LogP contribution in [-0.4, -0.2) is 15.5 Å². The van der Waals surface area contributed by atoms with Crippen molar-refractivity contribution in [1.29, 1.82) is 0 Å². The van der Waals surface area contributed by atoms with E-state index in [0.717, 1.165) is 22.4 Å². The van der Waals surface area contributed by atoms with Gasteiger partial charge >= 0.3 is 0 Å². The summed E-state index contributed by atoms with van der Waals surface area (Å²) < 4.78 is 15.2. The lowest BCUT2D eigenvalue weighted by Crippen LogP contribution is -2.31.